The summed E-state index contributed by atoms with van der Waals surface area (Å²) in [6.07, 6.45) is 10.0. The number of amides is 2. The molecule has 2 aromatic carbocycles. The second-order valence-corrected chi connectivity index (χ2v) is 12.5. The standard InChI is InChI=1S/C33H45N3O2S/c1-5-6-19-35(4)20-9-18-34-32(37)27-16-14-26(15-17-27)22-31-33(38)36(29-10-7-8-11-30(29)39-31)23-28-21-24(2)12-13-25(28)3/h12-17,21-22,29-30H,5-11,18-20,23H2,1-4H3,(H,34,37)/b31-22-. The van der Waals surface area contributed by atoms with Crippen LogP contribution in [0.4, 0.5) is 0 Å². The Morgan fingerprint density at radius 2 is 1.82 bits per heavy atom. The van der Waals surface area contributed by atoms with Crippen molar-refractivity contribution in [3.05, 3.63) is 75.2 Å². The molecule has 39 heavy (non-hydrogen) atoms. The fourth-order valence-corrected chi connectivity index (χ4v) is 7.06. The van der Waals surface area contributed by atoms with E-state index >= 15 is 0 Å². The zero-order chi connectivity index (χ0) is 27.8. The van der Waals surface area contributed by atoms with Gasteiger partial charge in [-0.3, -0.25) is 9.59 Å². The third kappa shape index (κ3) is 7.98. The molecule has 0 radical (unpaired) electrons. The maximum Gasteiger partial charge on any atom is 0.260 e. The summed E-state index contributed by atoms with van der Waals surface area (Å²) in [7, 11) is 2.14. The zero-order valence-electron chi connectivity index (χ0n) is 24.2. The van der Waals surface area contributed by atoms with Gasteiger partial charge in [-0.25, -0.2) is 0 Å². The molecule has 2 aromatic rings. The Labute approximate surface area is 239 Å². The van der Waals surface area contributed by atoms with E-state index in [1.54, 1.807) is 11.8 Å². The van der Waals surface area contributed by atoms with Gasteiger partial charge in [-0.1, -0.05) is 62.1 Å². The van der Waals surface area contributed by atoms with Crippen LogP contribution < -0.4 is 5.32 Å². The van der Waals surface area contributed by atoms with E-state index in [1.165, 1.54) is 42.4 Å². The molecule has 2 aliphatic rings. The van der Waals surface area contributed by atoms with Crippen molar-refractivity contribution in [2.75, 3.05) is 26.7 Å². The van der Waals surface area contributed by atoms with Crippen LogP contribution in [0.1, 0.15) is 84.5 Å². The molecule has 2 unspecified atom stereocenters. The van der Waals surface area contributed by atoms with Crippen molar-refractivity contribution < 1.29 is 9.59 Å². The van der Waals surface area contributed by atoms with Crippen LogP contribution in [0.5, 0.6) is 0 Å². The maximum absolute atomic E-state index is 13.8. The second-order valence-electron chi connectivity index (χ2n) is 11.3. The summed E-state index contributed by atoms with van der Waals surface area (Å²) < 4.78 is 0. The SMILES string of the molecule is CCCCN(C)CCCNC(=O)c1ccc(/C=C2\SC3CCCCC3N(Cc3cc(C)ccc3C)C2=O)cc1. The van der Waals surface area contributed by atoms with Gasteiger partial charge in [0.1, 0.15) is 0 Å². The van der Waals surface area contributed by atoms with E-state index < -0.39 is 0 Å². The van der Waals surface area contributed by atoms with Gasteiger partial charge in [-0.15, -0.1) is 11.8 Å². The first-order valence-corrected chi connectivity index (χ1v) is 15.6. The minimum Gasteiger partial charge on any atom is -0.352 e. The first-order valence-electron chi connectivity index (χ1n) is 14.7. The molecule has 6 heteroatoms. The normalized spacial score (nSPS) is 20.4. The van der Waals surface area contributed by atoms with Crippen molar-refractivity contribution in [2.24, 2.45) is 0 Å². The number of aryl methyl sites for hydroxylation is 2. The monoisotopic (exact) mass is 547 g/mol. The first kappa shape index (κ1) is 29.4. The van der Waals surface area contributed by atoms with Crippen LogP contribution in [0.25, 0.3) is 6.08 Å². The molecule has 2 amide bonds. The summed E-state index contributed by atoms with van der Waals surface area (Å²) in [6.45, 7) is 9.88. The zero-order valence-corrected chi connectivity index (χ0v) is 25.0. The average molecular weight is 548 g/mol. The van der Waals surface area contributed by atoms with E-state index in [9.17, 15) is 9.59 Å². The number of fused-ring (bicyclic) bond motifs is 1. The molecular weight excluding hydrogens is 502 g/mol. The van der Waals surface area contributed by atoms with Gasteiger partial charge < -0.3 is 15.1 Å². The highest BCUT2D eigenvalue weighted by atomic mass is 32.2. The van der Waals surface area contributed by atoms with Gasteiger partial charge in [-0.2, -0.15) is 0 Å². The summed E-state index contributed by atoms with van der Waals surface area (Å²) in [5.74, 6) is 0.0908. The van der Waals surface area contributed by atoms with E-state index in [4.69, 9.17) is 0 Å². The Bertz CT molecular complexity index is 1160. The summed E-state index contributed by atoms with van der Waals surface area (Å²) in [6, 6.07) is 14.5. The second kappa shape index (κ2) is 14.2. The van der Waals surface area contributed by atoms with Crippen LogP contribution in [0.15, 0.2) is 47.4 Å². The van der Waals surface area contributed by atoms with E-state index in [0.29, 0.717) is 29.9 Å². The number of carbonyl (C=O) groups excluding carboxylic acids is 2. The number of benzene rings is 2. The number of hydrogen-bond acceptors (Lipinski definition) is 4. The lowest BCUT2D eigenvalue weighted by atomic mass is 9.92. The molecule has 5 nitrogen and oxygen atoms in total. The van der Waals surface area contributed by atoms with Crippen LogP contribution in [0.3, 0.4) is 0 Å². The van der Waals surface area contributed by atoms with Gasteiger partial charge >= 0.3 is 0 Å². The summed E-state index contributed by atoms with van der Waals surface area (Å²) in [5.41, 5.74) is 5.32. The molecule has 1 aliphatic heterocycles. The Morgan fingerprint density at radius 1 is 1.08 bits per heavy atom. The number of rotatable bonds is 11. The molecule has 0 bridgehead atoms. The molecule has 1 N–H and O–H groups in total. The molecule has 0 spiro atoms. The minimum atomic E-state index is -0.0433. The summed E-state index contributed by atoms with van der Waals surface area (Å²) >= 11 is 1.76. The number of nitrogens with one attached hydrogen (secondary N) is 1. The number of hydrogen-bond donors (Lipinski definition) is 1. The molecule has 1 saturated carbocycles. The van der Waals surface area contributed by atoms with Crippen LogP contribution in [0.2, 0.25) is 0 Å². The number of carbonyl (C=O) groups is 2. The molecule has 2 atom stereocenters. The third-order valence-corrected chi connectivity index (χ3v) is 9.43. The van der Waals surface area contributed by atoms with Gasteiger partial charge in [0.05, 0.1) is 4.91 Å². The Kier molecular flexibility index (Phi) is 10.7. The Hall–Kier alpha value is -2.57. The molecule has 1 aliphatic carbocycles. The van der Waals surface area contributed by atoms with Crippen molar-refractivity contribution in [1.82, 2.24) is 15.1 Å². The Morgan fingerprint density at radius 3 is 2.59 bits per heavy atom. The third-order valence-electron chi connectivity index (χ3n) is 8.03. The number of nitrogens with zero attached hydrogens (tertiary/aromatic N) is 2. The molecule has 210 valence electrons. The largest absolute Gasteiger partial charge is 0.352 e. The Balaban J connectivity index is 1.41. The molecule has 1 heterocycles. The van der Waals surface area contributed by atoms with Crippen molar-refractivity contribution >= 4 is 29.7 Å². The fraction of sp³-hybridized carbons (Fsp3) is 0.515. The van der Waals surface area contributed by atoms with Crippen molar-refractivity contribution in [3.8, 4) is 0 Å². The highest BCUT2D eigenvalue weighted by Crippen LogP contribution is 2.43. The van der Waals surface area contributed by atoms with Crippen molar-refractivity contribution in [3.63, 3.8) is 0 Å². The van der Waals surface area contributed by atoms with Gasteiger partial charge in [0.2, 0.25) is 0 Å². The van der Waals surface area contributed by atoms with Crippen molar-refractivity contribution in [2.45, 2.75) is 83.6 Å². The maximum atomic E-state index is 13.8. The van der Waals surface area contributed by atoms with Crippen LogP contribution >= 0.6 is 11.8 Å². The molecule has 1 saturated heterocycles. The molecule has 2 fully saturated rings. The fourth-order valence-electron chi connectivity index (χ4n) is 5.59. The van der Waals surface area contributed by atoms with Gasteiger partial charge in [0.15, 0.2) is 0 Å². The van der Waals surface area contributed by atoms with E-state index in [2.05, 4.69) is 61.1 Å². The van der Waals surface area contributed by atoms with Crippen LogP contribution in [-0.2, 0) is 11.3 Å². The summed E-state index contributed by atoms with van der Waals surface area (Å²) in [5, 5.41) is 3.48. The first-order chi connectivity index (χ1) is 18.9. The smallest absolute Gasteiger partial charge is 0.260 e. The lowest BCUT2D eigenvalue weighted by Crippen LogP contribution is -2.50. The average Bonchev–Trinajstić information content (AvgIpc) is 2.94. The number of unbranched alkanes of at least 4 members (excludes halogenated alkanes) is 1. The lowest BCUT2D eigenvalue weighted by molar-refractivity contribution is -0.130. The number of thioether (sulfide) groups is 1. The quantitative estimate of drug-likeness (QED) is 0.255. The highest BCUT2D eigenvalue weighted by Gasteiger charge is 2.40. The highest BCUT2D eigenvalue weighted by molar-refractivity contribution is 8.04. The van der Waals surface area contributed by atoms with Crippen LogP contribution in [-0.4, -0.2) is 59.6 Å². The van der Waals surface area contributed by atoms with Crippen molar-refractivity contribution in [1.29, 1.82) is 0 Å². The topological polar surface area (TPSA) is 52.7 Å². The van der Waals surface area contributed by atoms with E-state index in [0.717, 1.165) is 42.8 Å². The molecule has 4 rings (SSSR count). The molecular formula is C33H45N3O2S. The predicted octanol–water partition coefficient (Wildman–Crippen LogP) is 6.58. The summed E-state index contributed by atoms with van der Waals surface area (Å²) in [4.78, 5) is 31.7. The van der Waals surface area contributed by atoms with Gasteiger partial charge in [0, 0.05) is 29.9 Å². The van der Waals surface area contributed by atoms with E-state index in [1.807, 2.05) is 30.3 Å². The van der Waals surface area contributed by atoms with Gasteiger partial charge in [0.25, 0.3) is 11.8 Å². The minimum absolute atomic E-state index is 0.0433. The van der Waals surface area contributed by atoms with Gasteiger partial charge in [-0.05, 0) is 94.6 Å². The molecule has 0 aromatic heterocycles. The van der Waals surface area contributed by atoms with E-state index in [-0.39, 0.29) is 11.8 Å². The lowest BCUT2D eigenvalue weighted by Gasteiger charge is -2.44. The predicted molar refractivity (Wildman–Crippen MR) is 164 cm³/mol. The van der Waals surface area contributed by atoms with Crippen LogP contribution in [0, 0.1) is 13.8 Å².